The molecule has 0 aliphatic carbocycles. The van der Waals surface area contributed by atoms with Crippen molar-refractivity contribution in [2.24, 2.45) is 11.8 Å². The Bertz CT molecular complexity index is 289. The van der Waals surface area contributed by atoms with Crippen LogP contribution in [0.15, 0.2) is 12.2 Å². The Kier molecular flexibility index (Phi) is 7.72. The van der Waals surface area contributed by atoms with Crippen molar-refractivity contribution in [3.63, 3.8) is 0 Å². The first-order valence-corrected chi connectivity index (χ1v) is 8.46. The molecule has 0 aromatic carbocycles. The van der Waals surface area contributed by atoms with E-state index in [2.05, 4.69) is 26.0 Å². The van der Waals surface area contributed by atoms with Gasteiger partial charge >= 0.3 is 0 Å². The highest BCUT2D eigenvalue weighted by molar-refractivity contribution is 4.89. The zero-order valence-corrected chi connectivity index (χ0v) is 13.5. The fourth-order valence-electron chi connectivity index (χ4n) is 2.69. The molecule has 2 aliphatic rings. The average molecular weight is 298 g/mol. The minimum Gasteiger partial charge on any atom is -0.352 e. The summed E-state index contributed by atoms with van der Waals surface area (Å²) in [4.78, 5) is 0. The van der Waals surface area contributed by atoms with E-state index in [1.54, 1.807) is 0 Å². The van der Waals surface area contributed by atoms with Gasteiger partial charge in [-0.05, 0) is 19.3 Å². The average Bonchev–Trinajstić information content (AvgIpc) is 2.54. The fraction of sp³-hybridized carbons (Fsp3) is 0.882. The third kappa shape index (κ3) is 5.70. The Balaban J connectivity index is 1.63. The third-order valence-corrected chi connectivity index (χ3v) is 4.01. The number of allylic oxidation sites excluding steroid dienone is 1. The number of hydrogen-bond acceptors (Lipinski definition) is 4. The molecule has 4 nitrogen and oxygen atoms in total. The number of hydrogen-bond donors (Lipinski definition) is 0. The summed E-state index contributed by atoms with van der Waals surface area (Å²) in [7, 11) is 0. The Labute approximate surface area is 128 Å². The van der Waals surface area contributed by atoms with Crippen LogP contribution in [-0.4, -0.2) is 39.0 Å². The monoisotopic (exact) mass is 298 g/mol. The van der Waals surface area contributed by atoms with Gasteiger partial charge in [0.05, 0.1) is 32.3 Å². The predicted octanol–water partition coefficient (Wildman–Crippen LogP) is 3.51. The lowest BCUT2D eigenvalue weighted by atomic mass is 10.1. The van der Waals surface area contributed by atoms with Gasteiger partial charge in [0.25, 0.3) is 0 Å². The molecule has 2 saturated heterocycles. The van der Waals surface area contributed by atoms with E-state index in [1.807, 2.05) is 0 Å². The molecule has 2 aliphatic heterocycles. The quantitative estimate of drug-likeness (QED) is 0.532. The predicted molar refractivity (Wildman–Crippen MR) is 81.9 cm³/mol. The molecule has 0 unspecified atom stereocenters. The zero-order valence-electron chi connectivity index (χ0n) is 13.5. The van der Waals surface area contributed by atoms with Gasteiger partial charge in [-0.3, -0.25) is 0 Å². The van der Waals surface area contributed by atoms with E-state index in [1.165, 1.54) is 19.3 Å². The minimum atomic E-state index is -0.173. The van der Waals surface area contributed by atoms with Crippen molar-refractivity contribution in [1.29, 1.82) is 0 Å². The van der Waals surface area contributed by atoms with Crippen LogP contribution in [-0.2, 0) is 18.9 Å². The molecule has 2 rings (SSSR count). The molecule has 2 fully saturated rings. The maximum Gasteiger partial charge on any atom is 0.164 e. The summed E-state index contributed by atoms with van der Waals surface area (Å²) in [5, 5.41) is 0. The van der Waals surface area contributed by atoms with Crippen molar-refractivity contribution >= 4 is 0 Å². The van der Waals surface area contributed by atoms with Crippen molar-refractivity contribution in [3.05, 3.63) is 12.2 Å². The zero-order chi connectivity index (χ0) is 14.9. The van der Waals surface area contributed by atoms with Crippen LogP contribution in [0, 0.1) is 11.8 Å². The lowest BCUT2D eigenvalue weighted by Crippen LogP contribution is -2.44. The molecule has 21 heavy (non-hydrogen) atoms. The number of unbranched alkanes of at least 4 members (excludes halogenated alkanes) is 2. The Morgan fingerprint density at radius 3 is 2.24 bits per heavy atom. The molecule has 0 saturated carbocycles. The molecule has 122 valence electrons. The topological polar surface area (TPSA) is 36.9 Å². The van der Waals surface area contributed by atoms with E-state index >= 15 is 0 Å². The van der Waals surface area contributed by atoms with E-state index in [0.29, 0.717) is 19.1 Å². The van der Waals surface area contributed by atoms with Gasteiger partial charge in [-0.2, -0.15) is 0 Å². The maximum atomic E-state index is 5.83. The largest absolute Gasteiger partial charge is 0.352 e. The minimum absolute atomic E-state index is 0.0309. The standard InChI is InChI=1S/C17H30O4/c1-3-5-7-9-16-18-12-15(13-19-16)17-20-10-14(11-21-17)8-6-4-2/h6,8,14-17H,3-5,7,9-13H2,1-2H3. The van der Waals surface area contributed by atoms with Crippen LogP contribution in [0.1, 0.15) is 46.0 Å². The van der Waals surface area contributed by atoms with Crippen LogP contribution >= 0.6 is 0 Å². The van der Waals surface area contributed by atoms with Crippen LogP contribution in [0.3, 0.4) is 0 Å². The first-order chi connectivity index (χ1) is 10.3. The summed E-state index contributed by atoms with van der Waals surface area (Å²) in [5.74, 6) is 0.581. The summed E-state index contributed by atoms with van der Waals surface area (Å²) in [6.45, 7) is 7.17. The highest BCUT2D eigenvalue weighted by Gasteiger charge is 2.32. The molecule has 4 heteroatoms. The van der Waals surface area contributed by atoms with Crippen LogP contribution in [0.4, 0.5) is 0 Å². The molecule has 0 atom stereocenters. The summed E-state index contributed by atoms with van der Waals surface area (Å²) < 4.78 is 23.2. The van der Waals surface area contributed by atoms with Gasteiger partial charge in [0, 0.05) is 5.92 Å². The number of rotatable bonds is 7. The second-order valence-electron chi connectivity index (χ2n) is 5.98. The van der Waals surface area contributed by atoms with E-state index in [9.17, 15) is 0 Å². The normalized spacial score (nSPS) is 34.4. The highest BCUT2D eigenvalue weighted by Crippen LogP contribution is 2.24. The van der Waals surface area contributed by atoms with Crippen LogP contribution in [0.5, 0.6) is 0 Å². The van der Waals surface area contributed by atoms with Gasteiger partial charge in [-0.1, -0.05) is 38.8 Å². The van der Waals surface area contributed by atoms with E-state index in [4.69, 9.17) is 18.9 Å². The van der Waals surface area contributed by atoms with Crippen LogP contribution in [0.25, 0.3) is 0 Å². The van der Waals surface area contributed by atoms with Crippen LogP contribution < -0.4 is 0 Å². The first-order valence-electron chi connectivity index (χ1n) is 8.46. The molecule has 0 N–H and O–H groups in total. The maximum absolute atomic E-state index is 5.83. The third-order valence-electron chi connectivity index (χ3n) is 4.01. The van der Waals surface area contributed by atoms with Gasteiger partial charge < -0.3 is 18.9 Å². The molecule has 0 radical (unpaired) electrons. The van der Waals surface area contributed by atoms with E-state index < -0.39 is 0 Å². The van der Waals surface area contributed by atoms with Gasteiger partial charge in [0.2, 0.25) is 0 Å². The van der Waals surface area contributed by atoms with Gasteiger partial charge in [0.1, 0.15) is 0 Å². The molecule has 0 aromatic rings. The molecular formula is C17H30O4. The van der Waals surface area contributed by atoms with Crippen molar-refractivity contribution in [2.75, 3.05) is 26.4 Å². The fourth-order valence-corrected chi connectivity index (χ4v) is 2.69. The second-order valence-corrected chi connectivity index (χ2v) is 5.98. The second kappa shape index (κ2) is 9.57. The molecule has 0 amide bonds. The lowest BCUT2D eigenvalue weighted by molar-refractivity contribution is -0.278. The highest BCUT2D eigenvalue weighted by atomic mass is 16.7. The van der Waals surface area contributed by atoms with Gasteiger partial charge in [-0.15, -0.1) is 0 Å². The summed E-state index contributed by atoms with van der Waals surface area (Å²) in [5.41, 5.74) is 0. The van der Waals surface area contributed by atoms with E-state index in [-0.39, 0.29) is 18.5 Å². The first kappa shape index (κ1) is 16.9. The number of ether oxygens (including phenoxy) is 4. The van der Waals surface area contributed by atoms with Crippen molar-refractivity contribution in [1.82, 2.24) is 0 Å². The Morgan fingerprint density at radius 1 is 0.905 bits per heavy atom. The smallest absolute Gasteiger partial charge is 0.164 e. The molecular weight excluding hydrogens is 268 g/mol. The lowest BCUT2D eigenvalue weighted by Gasteiger charge is -2.37. The van der Waals surface area contributed by atoms with Crippen molar-refractivity contribution in [2.45, 2.75) is 58.5 Å². The summed E-state index contributed by atoms with van der Waals surface area (Å²) in [6, 6.07) is 0. The van der Waals surface area contributed by atoms with Crippen molar-refractivity contribution < 1.29 is 18.9 Å². The SMILES string of the molecule is CCC=CC1COC(C2COC(CCCCC)OC2)OC1. The van der Waals surface area contributed by atoms with E-state index in [0.717, 1.165) is 26.1 Å². The van der Waals surface area contributed by atoms with Gasteiger partial charge in [0.15, 0.2) is 12.6 Å². The Hall–Kier alpha value is -0.420. The van der Waals surface area contributed by atoms with Crippen molar-refractivity contribution in [3.8, 4) is 0 Å². The van der Waals surface area contributed by atoms with Gasteiger partial charge in [-0.25, -0.2) is 0 Å². The summed E-state index contributed by atoms with van der Waals surface area (Å²) in [6.07, 6.45) is 9.86. The molecule has 2 heterocycles. The molecule has 0 aromatic heterocycles. The molecule has 0 spiro atoms. The Morgan fingerprint density at radius 2 is 1.62 bits per heavy atom. The molecule has 0 bridgehead atoms. The van der Waals surface area contributed by atoms with Crippen LogP contribution in [0.2, 0.25) is 0 Å². The summed E-state index contributed by atoms with van der Waals surface area (Å²) >= 11 is 0.